The van der Waals surface area contributed by atoms with Gasteiger partial charge in [-0.15, -0.1) is 11.8 Å². The van der Waals surface area contributed by atoms with Crippen molar-refractivity contribution in [1.29, 1.82) is 0 Å². The molecule has 0 fully saturated rings. The van der Waals surface area contributed by atoms with Gasteiger partial charge in [0.1, 0.15) is 5.75 Å². The van der Waals surface area contributed by atoms with Gasteiger partial charge in [-0.25, -0.2) is 0 Å². The predicted octanol–water partition coefficient (Wildman–Crippen LogP) is 4.88. The first-order chi connectivity index (χ1) is 10.2. The summed E-state index contributed by atoms with van der Waals surface area (Å²) in [5.74, 6) is 0.853. The van der Waals surface area contributed by atoms with E-state index in [0.29, 0.717) is 0 Å². The molecular formula is C17H20BrNOS. The zero-order valence-corrected chi connectivity index (χ0v) is 14.9. The van der Waals surface area contributed by atoms with Gasteiger partial charge in [0.2, 0.25) is 0 Å². The summed E-state index contributed by atoms with van der Waals surface area (Å²) >= 11 is 5.33. The van der Waals surface area contributed by atoms with Crippen LogP contribution in [-0.2, 0) is 0 Å². The van der Waals surface area contributed by atoms with Crippen LogP contribution in [0.4, 0.5) is 0 Å². The Morgan fingerprint density at radius 3 is 2.33 bits per heavy atom. The van der Waals surface area contributed by atoms with Gasteiger partial charge >= 0.3 is 0 Å². The van der Waals surface area contributed by atoms with Crippen molar-refractivity contribution in [2.75, 3.05) is 19.9 Å². The van der Waals surface area contributed by atoms with E-state index in [0.717, 1.165) is 16.8 Å². The lowest BCUT2D eigenvalue weighted by Gasteiger charge is -2.20. The highest BCUT2D eigenvalue weighted by Crippen LogP contribution is 2.31. The van der Waals surface area contributed by atoms with E-state index in [1.165, 1.54) is 16.0 Å². The lowest BCUT2D eigenvalue weighted by molar-refractivity contribution is 0.412. The molecular weight excluding hydrogens is 346 g/mol. The third kappa shape index (κ3) is 4.02. The number of methoxy groups -OCH3 is 1. The molecule has 2 nitrogen and oxygen atoms in total. The summed E-state index contributed by atoms with van der Waals surface area (Å²) in [6, 6.07) is 15.1. The van der Waals surface area contributed by atoms with E-state index in [2.05, 4.69) is 70.8 Å². The molecule has 0 spiro atoms. The quantitative estimate of drug-likeness (QED) is 0.737. The number of benzene rings is 2. The summed E-state index contributed by atoms with van der Waals surface area (Å²) in [6.07, 6.45) is 2.09. The average molecular weight is 366 g/mol. The van der Waals surface area contributed by atoms with Gasteiger partial charge in [-0.2, -0.15) is 0 Å². The third-order valence-corrected chi connectivity index (χ3v) is 4.73. The third-order valence-electron chi connectivity index (χ3n) is 3.37. The number of hydrogen-bond donors (Lipinski definition) is 1. The lowest BCUT2D eigenvalue weighted by atomic mass is 9.98. The fourth-order valence-corrected chi connectivity index (χ4v) is 3.26. The van der Waals surface area contributed by atoms with Gasteiger partial charge in [0.05, 0.1) is 17.6 Å². The Hall–Kier alpha value is -0.970. The maximum atomic E-state index is 5.31. The molecule has 0 amide bonds. The van der Waals surface area contributed by atoms with Gasteiger partial charge in [0, 0.05) is 4.90 Å². The molecule has 2 aromatic carbocycles. The number of halogens is 1. The van der Waals surface area contributed by atoms with Crippen molar-refractivity contribution in [2.24, 2.45) is 0 Å². The SMILES string of the molecule is CCNC(c1ccc(SC)cc1)c1ccc(OC)c(Br)c1. The maximum absolute atomic E-state index is 5.31. The molecule has 0 aliphatic heterocycles. The van der Waals surface area contributed by atoms with E-state index in [1.54, 1.807) is 18.9 Å². The molecule has 21 heavy (non-hydrogen) atoms. The number of hydrogen-bond acceptors (Lipinski definition) is 3. The molecule has 112 valence electrons. The molecule has 4 heteroatoms. The highest BCUT2D eigenvalue weighted by Gasteiger charge is 2.14. The fraction of sp³-hybridized carbons (Fsp3) is 0.294. The number of ether oxygens (including phenoxy) is 1. The molecule has 0 saturated carbocycles. The molecule has 0 aliphatic rings. The maximum Gasteiger partial charge on any atom is 0.133 e. The van der Waals surface area contributed by atoms with Crippen molar-refractivity contribution in [3.8, 4) is 5.75 Å². The molecule has 0 radical (unpaired) electrons. The summed E-state index contributed by atoms with van der Waals surface area (Å²) < 4.78 is 6.28. The van der Waals surface area contributed by atoms with Crippen LogP contribution in [0.3, 0.4) is 0 Å². The molecule has 0 aliphatic carbocycles. The van der Waals surface area contributed by atoms with Crippen LogP contribution in [0.2, 0.25) is 0 Å². The predicted molar refractivity (Wildman–Crippen MR) is 94.4 cm³/mol. The van der Waals surface area contributed by atoms with Crippen LogP contribution in [0.5, 0.6) is 5.75 Å². The van der Waals surface area contributed by atoms with Crippen molar-refractivity contribution in [2.45, 2.75) is 17.9 Å². The van der Waals surface area contributed by atoms with Crippen LogP contribution >= 0.6 is 27.7 Å². The van der Waals surface area contributed by atoms with E-state index in [1.807, 2.05) is 6.07 Å². The van der Waals surface area contributed by atoms with Crippen LogP contribution in [0.15, 0.2) is 51.8 Å². The first kappa shape index (κ1) is 16.4. The van der Waals surface area contributed by atoms with Gasteiger partial charge in [0.25, 0.3) is 0 Å². The second-order valence-electron chi connectivity index (χ2n) is 4.66. The first-order valence-corrected chi connectivity index (χ1v) is 8.92. The second-order valence-corrected chi connectivity index (χ2v) is 6.39. The molecule has 1 N–H and O–H groups in total. The minimum absolute atomic E-state index is 0.188. The smallest absolute Gasteiger partial charge is 0.133 e. The van der Waals surface area contributed by atoms with Gasteiger partial charge in [0.15, 0.2) is 0 Å². The number of thioether (sulfide) groups is 1. The van der Waals surface area contributed by atoms with E-state index in [9.17, 15) is 0 Å². The van der Waals surface area contributed by atoms with Gasteiger partial charge in [-0.05, 0) is 64.1 Å². The Morgan fingerprint density at radius 2 is 1.81 bits per heavy atom. The van der Waals surface area contributed by atoms with Crippen molar-refractivity contribution in [1.82, 2.24) is 5.32 Å². The van der Waals surface area contributed by atoms with Gasteiger partial charge in [-0.1, -0.05) is 25.1 Å². The molecule has 1 atom stereocenters. The zero-order valence-electron chi connectivity index (χ0n) is 12.5. The highest BCUT2D eigenvalue weighted by molar-refractivity contribution is 9.10. The minimum atomic E-state index is 0.188. The zero-order chi connectivity index (χ0) is 15.2. The van der Waals surface area contributed by atoms with Crippen LogP contribution < -0.4 is 10.1 Å². The van der Waals surface area contributed by atoms with Crippen molar-refractivity contribution in [3.05, 3.63) is 58.1 Å². The largest absolute Gasteiger partial charge is 0.496 e. The Bertz CT molecular complexity index is 586. The van der Waals surface area contributed by atoms with E-state index < -0.39 is 0 Å². The molecule has 0 aromatic heterocycles. The van der Waals surface area contributed by atoms with Crippen molar-refractivity contribution in [3.63, 3.8) is 0 Å². The summed E-state index contributed by atoms with van der Waals surface area (Å²) in [5, 5.41) is 3.55. The van der Waals surface area contributed by atoms with Crippen molar-refractivity contribution < 1.29 is 4.74 Å². The average Bonchev–Trinajstić information content (AvgIpc) is 2.52. The Kier molecular flexibility index (Phi) is 6.15. The van der Waals surface area contributed by atoms with Crippen LogP contribution in [0.1, 0.15) is 24.1 Å². The summed E-state index contributed by atoms with van der Waals surface area (Å²) in [4.78, 5) is 1.28. The normalized spacial score (nSPS) is 12.2. The van der Waals surface area contributed by atoms with Crippen LogP contribution in [0, 0.1) is 0 Å². The minimum Gasteiger partial charge on any atom is -0.496 e. The van der Waals surface area contributed by atoms with Gasteiger partial charge < -0.3 is 10.1 Å². The van der Waals surface area contributed by atoms with E-state index in [4.69, 9.17) is 4.74 Å². The number of nitrogens with one attached hydrogen (secondary N) is 1. The topological polar surface area (TPSA) is 21.3 Å². The Morgan fingerprint density at radius 1 is 1.14 bits per heavy atom. The van der Waals surface area contributed by atoms with E-state index >= 15 is 0 Å². The highest BCUT2D eigenvalue weighted by atomic mass is 79.9. The summed E-state index contributed by atoms with van der Waals surface area (Å²) in [6.45, 7) is 3.04. The standard InChI is InChI=1S/C17H20BrNOS/c1-4-19-17(12-5-8-14(21-3)9-6-12)13-7-10-16(20-2)15(18)11-13/h5-11,17,19H,4H2,1-3H3. The molecule has 1 unspecified atom stereocenters. The summed E-state index contributed by atoms with van der Waals surface area (Å²) in [7, 11) is 1.68. The molecule has 0 heterocycles. The lowest BCUT2D eigenvalue weighted by Crippen LogP contribution is -2.22. The Balaban J connectivity index is 2.35. The van der Waals surface area contributed by atoms with Crippen molar-refractivity contribution >= 4 is 27.7 Å². The van der Waals surface area contributed by atoms with Gasteiger partial charge in [-0.3, -0.25) is 0 Å². The Labute approximate surface area is 139 Å². The molecule has 0 saturated heterocycles. The fourth-order valence-electron chi connectivity index (χ4n) is 2.29. The molecule has 0 bridgehead atoms. The second kappa shape index (κ2) is 7.87. The first-order valence-electron chi connectivity index (χ1n) is 6.90. The van der Waals surface area contributed by atoms with E-state index in [-0.39, 0.29) is 6.04 Å². The number of rotatable bonds is 6. The van der Waals surface area contributed by atoms with Crippen LogP contribution in [0.25, 0.3) is 0 Å². The molecule has 2 rings (SSSR count). The monoisotopic (exact) mass is 365 g/mol. The summed E-state index contributed by atoms with van der Waals surface area (Å²) in [5.41, 5.74) is 2.49. The molecule has 2 aromatic rings. The van der Waals surface area contributed by atoms with Crippen LogP contribution in [-0.4, -0.2) is 19.9 Å².